The summed E-state index contributed by atoms with van der Waals surface area (Å²) in [4.78, 5) is 13.9. The minimum absolute atomic E-state index is 0.144. The van der Waals surface area contributed by atoms with Crippen molar-refractivity contribution in [2.45, 2.75) is 44.3 Å². The highest BCUT2D eigenvalue weighted by atomic mass is 16.6. The molecule has 0 radical (unpaired) electrons. The third kappa shape index (κ3) is 3.27. The van der Waals surface area contributed by atoms with E-state index in [4.69, 9.17) is 4.74 Å². The van der Waals surface area contributed by atoms with E-state index in [1.807, 2.05) is 0 Å². The van der Waals surface area contributed by atoms with E-state index < -0.39 is 10.5 Å². The van der Waals surface area contributed by atoms with Gasteiger partial charge < -0.3 is 20.0 Å². The zero-order chi connectivity index (χ0) is 14.0. The van der Waals surface area contributed by atoms with E-state index in [0.29, 0.717) is 13.0 Å². The van der Waals surface area contributed by atoms with E-state index >= 15 is 0 Å². The fourth-order valence-electron chi connectivity index (χ4n) is 2.34. The molecule has 104 valence electrons. The Morgan fingerprint density at radius 2 is 2.26 bits per heavy atom. The minimum Gasteiger partial charge on any atom is -0.388 e. The van der Waals surface area contributed by atoms with Crippen LogP contribution in [0.5, 0.6) is 0 Å². The average molecular weight is 266 g/mol. The van der Waals surface area contributed by atoms with Crippen LogP contribution in [0.4, 0.5) is 5.82 Å². The van der Waals surface area contributed by atoms with E-state index in [1.54, 1.807) is 26.1 Å². The molecule has 19 heavy (non-hydrogen) atoms. The van der Waals surface area contributed by atoms with Crippen LogP contribution in [0.2, 0.25) is 0 Å². The first-order valence-electron chi connectivity index (χ1n) is 6.32. The molecule has 0 spiro atoms. The summed E-state index contributed by atoms with van der Waals surface area (Å²) in [5, 5.41) is 20.6. The number of hydrogen-bond donors (Lipinski definition) is 1. The summed E-state index contributed by atoms with van der Waals surface area (Å²) in [6, 6.07) is 3.16. The lowest BCUT2D eigenvalue weighted by atomic mass is 9.84. The van der Waals surface area contributed by atoms with Gasteiger partial charge in [0.2, 0.25) is 0 Å². The molecule has 0 aromatic carbocycles. The molecule has 2 atom stereocenters. The van der Waals surface area contributed by atoms with Gasteiger partial charge in [-0.2, -0.15) is 0 Å². The molecular weight excluding hydrogens is 248 g/mol. The molecule has 1 aromatic rings. The maximum absolute atomic E-state index is 10.6. The van der Waals surface area contributed by atoms with Gasteiger partial charge in [-0.1, -0.05) is 0 Å². The smallest absolute Gasteiger partial charge is 0.363 e. The van der Waals surface area contributed by atoms with Crippen molar-refractivity contribution in [3.63, 3.8) is 0 Å². The van der Waals surface area contributed by atoms with Gasteiger partial charge in [0.25, 0.3) is 0 Å². The van der Waals surface area contributed by atoms with Crippen molar-refractivity contribution < 1.29 is 14.8 Å². The molecule has 0 bridgehead atoms. The van der Waals surface area contributed by atoms with E-state index in [-0.39, 0.29) is 17.8 Å². The Bertz CT molecular complexity index is 453. The highest BCUT2D eigenvalue weighted by molar-refractivity contribution is 5.25. The molecular formula is C13H18N2O4. The fourth-order valence-corrected chi connectivity index (χ4v) is 2.34. The predicted molar refractivity (Wildman–Crippen MR) is 68.9 cm³/mol. The SMILES string of the molecule is CC(C)(O)[C@@H]1CC(c2ccc([N+](=O)[O-])nc2)CCO1. The summed E-state index contributed by atoms with van der Waals surface area (Å²) < 4.78 is 5.58. The van der Waals surface area contributed by atoms with Gasteiger partial charge in [0.1, 0.15) is 6.20 Å². The Kier molecular flexibility index (Phi) is 3.82. The first kappa shape index (κ1) is 13.9. The molecule has 6 heteroatoms. The first-order valence-corrected chi connectivity index (χ1v) is 6.32. The first-order chi connectivity index (χ1) is 8.88. The standard InChI is InChI=1S/C13H18N2O4/c1-13(2,16)11-7-9(5-6-19-11)10-3-4-12(14-8-10)15(17)18/h3-4,8-9,11,16H,5-7H2,1-2H3/t9?,11-/m0/s1. The van der Waals surface area contributed by atoms with Gasteiger partial charge in [-0.3, -0.25) is 0 Å². The van der Waals surface area contributed by atoms with Gasteiger partial charge in [0, 0.05) is 12.7 Å². The second-order valence-electron chi connectivity index (χ2n) is 5.44. The van der Waals surface area contributed by atoms with Gasteiger partial charge in [-0.15, -0.1) is 0 Å². The zero-order valence-corrected chi connectivity index (χ0v) is 11.1. The molecule has 1 unspecified atom stereocenters. The van der Waals surface area contributed by atoms with Crippen LogP contribution < -0.4 is 0 Å². The topological polar surface area (TPSA) is 85.5 Å². The van der Waals surface area contributed by atoms with E-state index in [9.17, 15) is 15.2 Å². The van der Waals surface area contributed by atoms with Crippen molar-refractivity contribution in [1.82, 2.24) is 4.98 Å². The summed E-state index contributed by atoms with van der Waals surface area (Å²) in [5.74, 6) is 0.0772. The van der Waals surface area contributed by atoms with Crippen LogP contribution in [-0.4, -0.2) is 33.3 Å². The van der Waals surface area contributed by atoms with Crippen LogP contribution >= 0.6 is 0 Å². The van der Waals surface area contributed by atoms with Crippen LogP contribution in [0.1, 0.15) is 38.2 Å². The number of aromatic nitrogens is 1. The number of pyridine rings is 1. The molecule has 1 aliphatic rings. The summed E-state index contributed by atoms with van der Waals surface area (Å²) in [5.41, 5.74) is 0.0792. The molecule has 2 rings (SSSR count). The highest BCUT2D eigenvalue weighted by Gasteiger charge is 2.34. The quantitative estimate of drug-likeness (QED) is 0.668. The van der Waals surface area contributed by atoms with Crippen molar-refractivity contribution in [2.24, 2.45) is 0 Å². The summed E-state index contributed by atoms with van der Waals surface area (Å²) in [6.07, 6.45) is 2.87. The summed E-state index contributed by atoms with van der Waals surface area (Å²) in [6.45, 7) is 4.04. The number of nitro groups is 1. The second-order valence-corrected chi connectivity index (χ2v) is 5.44. The van der Waals surface area contributed by atoms with Crippen LogP contribution in [0.15, 0.2) is 18.3 Å². The van der Waals surface area contributed by atoms with Crippen LogP contribution in [0, 0.1) is 10.1 Å². The molecule has 0 saturated carbocycles. The normalized spacial score (nSPS) is 24.2. The molecule has 1 saturated heterocycles. The van der Waals surface area contributed by atoms with Gasteiger partial charge in [-0.05, 0) is 54.1 Å². The second kappa shape index (κ2) is 5.22. The predicted octanol–water partition coefficient (Wildman–Crippen LogP) is 2.02. The number of nitrogens with zero attached hydrogens (tertiary/aromatic N) is 2. The average Bonchev–Trinajstić information content (AvgIpc) is 2.38. The number of aliphatic hydroxyl groups is 1. The third-order valence-corrected chi connectivity index (χ3v) is 3.50. The Labute approximate surface area is 111 Å². The Balaban J connectivity index is 2.11. The van der Waals surface area contributed by atoms with E-state index in [2.05, 4.69) is 4.98 Å². The fraction of sp³-hybridized carbons (Fsp3) is 0.615. The van der Waals surface area contributed by atoms with Gasteiger partial charge in [0.05, 0.1) is 11.7 Å². The molecule has 1 aromatic heterocycles. The lowest BCUT2D eigenvalue weighted by molar-refractivity contribution is -0.389. The Morgan fingerprint density at radius 3 is 2.79 bits per heavy atom. The zero-order valence-electron chi connectivity index (χ0n) is 11.1. The summed E-state index contributed by atoms with van der Waals surface area (Å²) >= 11 is 0. The van der Waals surface area contributed by atoms with Gasteiger partial charge in [0.15, 0.2) is 0 Å². The van der Waals surface area contributed by atoms with Crippen molar-refractivity contribution in [3.8, 4) is 0 Å². The van der Waals surface area contributed by atoms with Crippen molar-refractivity contribution >= 4 is 5.82 Å². The van der Waals surface area contributed by atoms with Crippen molar-refractivity contribution in [1.29, 1.82) is 0 Å². The molecule has 6 nitrogen and oxygen atoms in total. The Morgan fingerprint density at radius 1 is 1.53 bits per heavy atom. The highest BCUT2D eigenvalue weighted by Crippen LogP contribution is 2.34. The van der Waals surface area contributed by atoms with Gasteiger partial charge in [-0.25, -0.2) is 0 Å². The summed E-state index contributed by atoms with van der Waals surface area (Å²) in [7, 11) is 0. The Hall–Kier alpha value is -1.53. The van der Waals surface area contributed by atoms with Crippen molar-refractivity contribution in [3.05, 3.63) is 34.0 Å². The van der Waals surface area contributed by atoms with Gasteiger partial charge >= 0.3 is 5.82 Å². The van der Waals surface area contributed by atoms with Crippen molar-refractivity contribution in [2.75, 3.05) is 6.61 Å². The molecule has 1 fully saturated rings. The minimum atomic E-state index is -0.882. The third-order valence-electron chi connectivity index (χ3n) is 3.50. The molecule has 1 aliphatic heterocycles. The number of hydrogen-bond acceptors (Lipinski definition) is 5. The molecule has 0 amide bonds. The van der Waals surface area contributed by atoms with E-state index in [0.717, 1.165) is 12.0 Å². The lowest BCUT2D eigenvalue weighted by Gasteiger charge is -2.36. The van der Waals surface area contributed by atoms with Crippen LogP contribution in [0.3, 0.4) is 0 Å². The molecule has 2 heterocycles. The monoisotopic (exact) mass is 266 g/mol. The molecule has 1 N–H and O–H groups in total. The largest absolute Gasteiger partial charge is 0.388 e. The van der Waals surface area contributed by atoms with E-state index in [1.165, 1.54) is 6.07 Å². The number of rotatable bonds is 3. The molecule has 0 aliphatic carbocycles. The van der Waals surface area contributed by atoms with Crippen LogP contribution in [0.25, 0.3) is 0 Å². The lowest BCUT2D eigenvalue weighted by Crippen LogP contribution is -2.42. The van der Waals surface area contributed by atoms with Crippen LogP contribution in [-0.2, 0) is 4.74 Å². The maximum atomic E-state index is 10.6. The maximum Gasteiger partial charge on any atom is 0.363 e. The number of ether oxygens (including phenoxy) is 1.